The minimum Gasteiger partial charge on any atom is -0.422 e. The van der Waals surface area contributed by atoms with Gasteiger partial charge in [-0.1, -0.05) is 24.3 Å². The third-order valence-corrected chi connectivity index (χ3v) is 1.92. The molecule has 0 aromatic rings. The van der Waals surface area contributed by atoms with Gasteiger partial charge in [-0.3, -0.25) is 4.79 Å². The summed E-state index contributed by atoms with van der Waals surface area (Å²) in [5, 5.41) is 0. The number of furan rings is 1. The molecule has 4 nitrogen and oxygen atoms in total. The van der Waals surface area contributed by atoms with Crippen LogP contribution in [0.3, 0.4) is 0 Å². The lowest BCUT2D eigenvalue weighted by molar-refractivity contribution is 0.0999. The van der Waals surface area contributed by atoms with Crippen molar-refractivity contribution in [2.24, 2.45) is 5.73 Å². The highest BCUT2D eigenvalue weighted by atomic mass is 16.4. The molecule has 0 saturated carbocycles. The third-order valence-electron chi connectivity index (χ3n) is 1.92. The van der Waals surface area contributed by atoms with Crippen molar-refractivity contribution in [3.05, 3.63) is 46.3 Å². The van der Waals surface area contributed by atoms with Crippen LogP contribution in [0, 0.1) is 0 Å². The zero-order valence-corrected chi connectivity index (χ0v) is 7.19. The Kier molecular flexibility index (Phi) is 1.81. The molecule has 0 aromatic heterocycles. The van der Waals surface area contributed by atoms with Crippen LogP contribution in [-0.2, 0) is 0 Å². The van der Waals surface area contributed by atoms with Crippen molar-refractivity contribution >= 4 is 5.91 Å². The lowest BCUT2D eigenvalue weighted by Gasteiger charge is -1.89. The number of primary amides is 1. The topological polar surface area (TPSA) is 73.3 Å². The third kappa shape index (κ3) is 1.17. The summed E-state index contributed by atoms with van der Waals surface area (Å²) < 4.78 is 4.86. The van der Waals surface area contributed by atoms with E-state index in [1.165, 1.54) is 0 Å². The predicted molar refractivity (Wildman–Crippen MR) is 50.1 cm³/mol. The van der Waals surface area contributed by atoms with E-state index in [0.717, 1.165) is 0 Å². The molecule has 0 saturated heterocycles. The molecule has 2 aliphatic rings. The molecule has 0 radical (unpaired) electrons. The molecule has 0 atom stereocenters. The van der Waals surface area contributed by atoms with Gasteiger partial charge in [0.15, 0.2) is 0 Å². The van der Waals surface area contributed by atoms with Gasteiger partial charge in [0.2, 0.25) is 0 Å². The fraction of sp³-hybridized carbons (Fsp3) is 0. The number of hydrogen-bond acceptors (Lipinski definition) is 3. The van der Waals surface area contributed by atoms with E-state index < -0.39 is 11.5 Å². The Morgan fingerprint density at radius 2 is 1.93 bits per heavy atom. The number of nitrogens with two attached hydrogens (primary N) is 1. The summed E-state index contributed by atoms with van der Waals surface area (Å²) in [5.74, 6) is -0.395. The lowest BCUT2D eigenvalue weighted by atomic mass is 10.1. The second kappa shape index (κ2) is 2.99. The summed E-state index contributed by atoms with van der Waals surface area (Å²) in [5.41, 5.74) is 4.75. The Balaban J connectivity index is 2.84. The summed E-state index contributed by atoms with van der Waals surface area (Å²) in [4.78, 5) is 22.2. The van der Waals surface area contributed by atoms with Crippen LogP contribution in [0.25, 0.3) is 11.3 Å². The maximum atomic E-state index is 11.2. The van der Waals surface area contributed by atoms with E-state index in [1.54, 1.807) is 30.3 Å². The summed E-state index contributed by atoms with van der Waals surface area (Å²) in [6.07, 6.45) is 0. The maximum absolute atomic E-state index is 11.2. The Hall–Kier alpha value is -2.10. The molecule has 0 unspecified atom stereocenters. The lowest BCUT2D eigenvalue weighted by Crippen LogP contribution is -2.18. The molecule has 4 heteroatoms. The zero-order valence-electron chi connectivity index (χ0n) is 7.19. The van der Waals surface area contributed by atoms with Gasteiger partial charge in [-0.05, 0) is 6.07 Å². The molecule has 70 valence electrons. The largest absolute Gasteiger partial charge is 0.422 e. The second-order valence-electron chi connectivity index (χ2n) is 2.82. The van der Waals surface area contributed by atoms with Crippen molar-refractivity contribution in [3.8, 4) is 11.3 Å². The van der Waals surface area contributed by atoms with Gasteiger partial charge in [-0.2, -0.15) is 0 Å². The Labute approximate surface area is 79.3 Å². The summed E-state index contributed by atoms with van der Waals surface area (Å²) in [7, 11) is 0. The van der Waals surface area contributed by atoms with Gasteiger partial charge in [-0.15, -0.1) is 0 Å². The molecule has 2 N–H and O–H groups in total. The first kappa shape index (κ1) is 8.50. The number of fused-ring (bicyclic) bond motifs is 1. The SMILES string of the molecule is NC(=O)c1c2cccccc-2oc1=O. The first-order chi connectivity index (χ1) is 6.70. The summed E-state index contributed by atoms with van der Waals surface area (Å²) >= 11 is 0. The van der Waals surface area contributed by atoms with Gasteiger partial charge in [-0.25, -0.2) is 4.79 Å². The van der Waals surface area contributed by atoms with Gasteiger partial charge in [0.1, 0.15) is 11.3 Å². The van der Waals surface area contributed by atoms with Crippen molar-refractivity contribution in [1.82, 2.24) is 0 Å². The molecule has 14 heavy (non-hydrogen) atoms. The number of rotatable bonds is 1. The van der Waals surface area contributed by atoms with Crippen molar-refractivity contribution in [3.63, 3.8) is 0 Å². The van der Waals surface area contributed by atoms with Crippen LogP contribution in [0.2, 0.25) is 0 Å². The fourth-order valence-corrected chi connectivity index (χ4v) is 1.32. The molecular formula is C10H7NO3. The van der Waals surface area contributed by atoms with Crippen LogP contribution in [0.5, 0.6) is 0 Å². The maximum Gasteiger partial charge on any atom is 0.349 e. The van der Waals surface area contributed by atoms with E-state index in [0.29, 0.717) is 11.3 Å². The highest BCUT2D eigenvalue weighted by molar-refractivity contribution is 5.99. The first-order valence-electron chi connectivity index (χ1n) is 4.02. The van der Waals surface area contributed by atoms with Crippen molar-refractivity contribution in [1.29, 1.82) is 0 Å². The monoisotopic (exact) mass is 189 g/mol. The highest BCUT2D eigenvalue weighted by Gasteiger charge is 2.20. The molecular weight excluding hydrogens is 182 g/mol. The minimum atomic E-state index is -0.764. The minimum absolute atomic E-state index is 0.0869. The quantitative estimate of drug-likeness (QED) is 0.722. The van der Waals surface area contributed by atoms with Gasteiger partial charge in [0.05, 0.1) is 0 Å². The van der Waals surface area contributed by atoms with Crippen LogP contribution < -0.4 is 11.4 Å². The normalized spacial score (nSPS) is 10.3. The van der Waals surface area contributed by atoms with Crippen LogP contribution in [-0.4, -0.2) is 5.91 Å². The van der Waals surface area contributed by atoms with Gasteiger partial charge in [0.25, 0.3) is 5.91 Å². The van der Waals surface area contributed by atoms with E-state index >= 15 is 0 Å². The average molecular weight is 189 g/mol. The molecule has 1 heterocycles. The van der Waals surface area contributed by atoms with Crippen LogP contribution in [0.4, 0.5) is 0 Å². The van der Waals surface area contributed by atoms with Gasteiger partial charge < -0.3 is 10.2 Å². The Morgan fingerprint density at radius 3 is 2.64 bits per heavy atom. The van der Waals surface area contributed by atoms with Crippen molar-refractivity contribution in [2.45, 2.75) is 0 Å². The first-order valence-corrected chi connectivity index (χ1v) is 4.02. The van der Waals surface area contributed by atoms with Crippen LogP contribution in [0.15, 0.2) is 39.5 Å². The fourth-order valence-electron chi connectivity index (χ4n) is 1.32. The standard InChI is InChI=1S/C10H7NO3/c11-9(12)8-6-4-2-1-3-5-7(6)14-10(8)13/h1-5H,(H2,11,12). The van der Waals surface area contributed by atoms with Crippen molar-refractivity contribution < 1.29 is 9.21 Å². The number of amides is 1. The summed E-state index contributed by atoms with van der Waals surface area (Å²) in [6, 6.07) is 8.44. The second-order valence-corrected chi connectivity index (χ2v) is 2.82. The molecule has 0 fully saturated rings. The van der Waals surface area contributed by atoms with E-state index in [1.807, 2.05) is 0 Å². The van der Waals surface area contributed by atoms with E-state index in [9.17, 15) is 9.59 Å². The highest BCUT2D eigenvalue weighted by Crippen LogP contribution is 2.22. The van der Waals surface area contributed by atoms with Gasteiger partial charge >= 0.3 is 5.63 Å². The number of hydrogen-bond donors (Lipinski definition) is 1. The van der Waals surface area contributed by atoms with E-state index in [4.69, 9.17) is 10.2 Å². The zero-order chi connectivity index (χ0) is 10.1. The molecule has 1 aliphatic carbocycles. The predicted octanol–water partition coefficient (Wildman–Crippen LogP) is 0.844. The number of carbonyl (C=O) groups excluding carboxylic acids is 1. The molecule has 0 spiro atoms. The van der Waals surface area contributed by atoms with Crippen LogP contribution >= 0.6 is 0 Å². The Bertz CT molecular complexity index is 515. The molecule has 2 rings (SSSR count). The Morgan fingerprint density at radius 1 is 1.21 bits per heavy atom. The molecule has 1 amide bonds. The average Bonchev–Trinajstić information content (AvgIpc) is 2.31. The van der Waals surface area contributed by atoms with E-state index in [2.05, 4.69) is 0 Å². The summed E-state index contributed by atoms with van der Waals surface area (Å²) in [6.45, 7) is 0. The van der Waals surface area contributed by atoms with E-state index in [-0.39, 0.29) is 5.56 Å². The van der Waals surface area contributed by atoms with Crippen molar-refractivity contribution in [2.75, 3.05) is 0 Å². The van der Waals surface area contributed by atoms with Gasteiger partial charge in [0, 0.05) is 5.56 Å². The smallest absolute Gasteiger partial charge is 0.349 e. The number of carbonyl (C=O) groups is 1. The van der Waals surface area contributed by atoms with Crippen LogP contribution in [0.1, 0.15) is 10.4 Å². The molecule has 0 aromatic carbocycles. The molecule has 0 bridgehead atoms. The molecule has 1 aliphatic heterocycles.